The fourth-order valence-corrected chi connectivity index (χ4v) is 4.27. The van der Waals surface area contributed by atoms with Crippen molar-refractivity contribution in [2.75, 3.05) is 5.75 Å². The zero-order valence-electron chi connectivity index (χ0n) is 14.8. The third-order valence-corrected chi connectivity index (χ3v) is 5.99. The average molecular weight is 388 g/mol. The lowest BCUT2D eigenvalue weighted by molar-refractivity contribution is -0.119. The molecular formula is C19H21N3O2S2. The summed E-state index contributed by atoms with van der Waals surface area (Å²) in [5, 5.41) is 6.19. The number of benzene rings is 1. The van der Waals surface area contributed by atoms with Crippen LogP contribution in [0.4, 0.5) is 0 Å². The van der Waals surface area contributed by atoms with Crippen molar-refractivity contribution in [3.8, 4) is 0 Å². The summed E-state index contributed by atoms with van der Waals surface area (Å²) in [6.07, 6.45) is 0.828. The highest BCUT2D eigenvalue weighted by Crippen LogP contribution is 2.20. The molecule has 0 aliphatic carbocycles. The average Bonchev–Trinajstić information content (AvgIpc) is 3.17. The van der Waals surface area contributed by atoms with Crippen molar-refractivity contribution < 1.29 is 4.79 Å². The fourth-order valence-electron chi connectivity index (χ4n) is 2.70. The van der Waals surface area contributed by atoms with Crippen LogP contribution < -0.4 is 10.9 Å². The molecule has 1 atom stereocenters. The maximum Gasteiger partial charge on any atom is 0.262 e. The second-order valence-electron chi connectivity index (χ2n) is 5.96. The second-order valence-corrected chi connectivity index (χ2v) is 7.88. The molecule has 2 heterocycles. The number of aromatic nitrogens is 2. The Morgan fingerprint density at radius 1 is 1.31 bits per heavy atom. The van der Waals surface area contributed by atoms with Crippen LogP contribution in [0.15, 0.2) is 51.7 Å². The first-order valence-corrected chi connectivity index (χ1v) is 10.4. The molecule has 0 aliphatic rings. The van der Waals surface area contributed by atoms with E-state index in [0.29, 0.717) is 22.6 Å². The fraction of sp³-hybridized carbons (Fsp3) is 0.316. The molecule has 7 heteroatoms. The summed E-state index contributed by atoms with van der Waals surface area (Å²) in [4.78, 5) is 30.7. The van der Waals surface area contributed by atoms with Crippen LogP contribution in [-0.2, 0) is 11.3 Å². The molecule has 1 N–H and O–H groups in total. The summed E-state index contributed by atoms with van der Waals surface area (Å²) in [7, 11) is 0. The van der Waals surface area contributed by atoms with Crippen molar-refractivity contribution in [1.82, 2.24) is 14.9 Å². The number of hydrogen-bond donors (Lipinski definition) is 1. The third-order valence-electron chi connectivity index (χ3n) is 3.95. The maximum atomic E-state index is 12.7. The number of carbonyl (C=O) groups is 1. The normalized spacial score (nSPS) is 12.2. The van der Waals surface area contributed by atoms with Crippen molar-refractivity contribution in [1.29, 1.82) is 0 Å². The molecule has 1 aromatic carbocycles. The molecule has 0 spiro atoms. The molecule has 0 saturated heterocycles. The van der Waals surface area contributed by atoms with Crippen LogP contribution >= 0.6 is 23.1 Å². The lowest BCUT2D eigenvalue weighted by Crippen LogP contribution is -2.28. The van der Waals surface area contributed by atoms with Gasteiger partial charge in [0.05, 0.1) is 22.7 Å². The zero-order chi connectivity index (χ0) is 18.5. The number of carbonyl (C=O) groups excluding carboxylic acids is 1. The van der Waals surface area contributed by atoms with E-state index in [1.165, 1.54) is 11.8 Å². The quantitative estimate of drug-likeness (QED) is 0.494. The van der Waals surface area contributed by atoms with Gasteiger partial charge in [-0.2, -0.15) is 0 Å². The molecule has 3 aromatic rings. The Bertz CT molecular complexity index is 951. The molecule has 1 unspecified atom stereocenters. The van der Waals surface area contributed by atoms with Crippen molar-refractivity contribution in [3.63, 3.8) is 0 Å². The number of para-hydroxylation sites is 1. The Balaban J connectivity index is 1.76. The lowest BCUT2D eigenvalue weighted by Gasteiger charge is -2.14. The van der Waals surface area contributed by atoms with Gasteiger partial charge in [0.25, 0.3) is 5.56 Å². The number of fused-ring (bicyclic) bond motifs is 1. The molecule has 0 fully saturated rings. The molecule has 1 amide bonds. The number of amides is 1. The highest BCUT2D eigenvalue weighted by Gasteiger charge is 2.14. The van der Waals surface area contributed by atoms with Crippen molar-refractivity contribution in [2.45, 2.75) is 38.0 Å². The van der Waals surface area contributed by atoms with Crippen molar-refractivity contribution in [3.05, 3.63) is 57.0 Å². The first-order chi connectivity index (χ1) is 12.6. The molecule has 26 heavy (non-hydrogen) atoms. The van der Waals surface area contributed by atoms with Crippen LogP contribution in [0.5, 0.6) is 0 Å². The Hall–Kier alpha value is -2.12. The predicted octanol–water partition coefficient (Wildman–Crippen LogP) is 3.84. The maximum absolute atomic E-state index is 12.7. The zero-order valence-corrected chi connectivity index (χ0v) is 16.4. The van der Waals surface area contributed by atoms with Gasteiger partial charge in [-0.1, -0.05) is 36.9 Å². The number of hydrogen-bond acceptors (Lipinski definition) is 5. The van der Waals surface area contributed by atoms with Gasteiger partial charge in [0.2, 0.25) is 5.91 Å². The Kier molecular flexibility index (Phi) is 6.11. The van der Waals surface area contributed by atoms with Gasteiger partial charge in [-0.05, 0) is 36.9 Å². The van der Waals surface area contributed by atoms with Crippen LogP contribution in [0.25, 0.3) is 10.9 Å². The second kappa shape index (κ2) is 8.51. The topological polar surface area (TPSA) is 64.0 Å². The van der Waals surface area contributed by atoms with Crippen LogP contribution in [0.3, 0.4) is 0 Å². The number of thiophene rings is 1. The van der Waals surface area contributed by atoms with Gasteiger partial charge in [-0.25, -0.2) is 4.98 Å². The van der Waals surface area contributed by atoms with Crippen LogP contribution in [0.1, 0.15) is 31.2 Å². The van der Waals surface area contributed by atoms with E-state index in [2.05, 4.69) is 10.3 Å². The minimum Gasteiger partial charge on any atom is -0.348 e. The molecule has 0 radical (unpaired) electrons. The predicted molar refractivity (Wildman–Crippen MR) is 108 cm³/mol. The van der Waals surface area contributed by atoms with Gasteiger partial charge in [-0.15, -0.1) is 11.3 Å². The summed E-state index contributed by atoms with van der Waals surface area (Å²) in [5.74, 6) is 0.158. The Morgan fingerprint density at radius 3 is 2.85 bits per heavy atom. The van der Waals surface area contributed by atoms with E-state index >= 15 is 0 Å². The molecule has 5 nitrogen and oxygen atoms in total. The molecule has 0 bridgehead atoms. The summed E-state index contributed by atoms with van der Waals surface area (Å²) in [5.41, 5.74) is 0.618. The summed E-state index contributed by atoms with van der Waals surface area (Å²) < 4.78 is 1.67. The molecule has 0 saturated carbocycles. The van der Waals surface area contributed by atoms with Gasteiger partial charge < -0.3 is 5.32 Å². The highest BCUT2D eigenvalue weighted by atomic mass is 32.2. The van der Waals surface area contributed by atoms with Gasteiger partial charge in [0.1, 0.15) is 0 Å². The molecule has 2 aromatic heterocycles. The van der Waals surface area contributed by atoms with E-state index < -0.39 is 0 Å². The van der Waals surface area contributed by atoms with E-state index in [4.69, 9.17) is 0 Å². The minimum atomic E-state index is -0.0682. The van der Waals surface area contributed by atoms with Crippen LogP contribution in [-0.4, -0.2) is 21.2 Å². The largest absolute Gasteiger partial charge is 0.348 e. The number of nitrogens with one attached hydrogen (secondary N) is 1. The third kappa shape index (κ3) is 4.16. The molecule has 136 valence electrons. The van der Waals surface area contributed by atoms with E-state index in [1.807, 2.05) is 49.6 Å². The minimum absolute atomic E-state index is 0.0227. The lowest BCUT2D eigenvalue weighted by atomic mass is 10.2. The molecule has 0 aliphatic heterocycles. The monoisotopic (exact) mass is 387 g/mol. The van der Waals surface area contributed by atoms with Gasteiger partial charge in [-0.3, -0.25) is 14.2 Å². The molecule has 3 rings (SSSR count). The number of rotatable bonds is 7. The van der Waals surface area contributed by atoms with Crippen LogP contribution in [0.2, 0.25) is 0 Å². The number of thioether (sulfide) groups is 1. The summed E-state index contributed by atoms with van der Waals surface area (Å²) in [6, 6.07) is 11.3. The first-order valence-electron chi connectivity index (χ1n) is 8.55. The summed E-state index contributed by atoms with van der Waals surface area (Å²) >= 11 is 2.93. The van der Waals surface area contributed by atoms with Gasteiger partial charge in [0.15, 0.2) is 5.16 Å². The summed E-state index contributed by atoms with van der Waals surface area (Å²) in [6.45, 7) is 4.58. The molecular weight excluding hydrogens is 366 g/mol. The SMILES string of the molecule is CCCn1c(SCC(=O)NC(C)c2cccs2)nc2ccccc2c1=O. The standard InChI is InChI=1S/C19H21N3O2S2/c1-3-10-22-18(24)14-7-4-5-8-15(14)21-19(22)26-12-17(23)20-13(2)16-9-6-11-25-16/h4-9,11,13H,3,10,12H2,1-2H3,(H,20,23). The Morgan fingerprint density at radius 2 is 2.12 bits per heavy atom. The van der Waals surface area contributed by atoms with Crippen LogP contribution in [0, 0.1) is 0 Å². The smallest absolute Gasteiger partial charge is 0.262 e. The Labute approximate surface area is 160 Å². The van der Waals surface area contributed by atoms with E-state index in [-0.39, 0.29) is 23.3 Å². The highest BCUT2D eigenvalue weighted by molar-refractivity contribution is 7.99. The van der Waals surface area contributed by atoms with Crippen molar-refractivity contribution in [2.24, 2.45) is 0 Å². The van der Waals surface area contributed by atoms with Gasteiger partial charge in [0, 0.05) is 11.4 Å². The van der Waals surface area contributed by atoms with E-state index in [0.717, 1.165) is 11.3 Å². The first kappa shape index (κ1) is 18.7. The van der Waals surface area contributed by atoms with E-state index in [9.17, 15) is 9.59 Å². The number of nitrogens with zero attached hydrogens (tertiary/aromatic N) is 2. The van der Waals surface area contributed by atoms with E-state index in [1.54, 1.807) is 22.0 Å². The van der Waals surface area contributed by atoms with Crippen molar-refractivity contribution >= 4 is 39.9 Å². The van der Waals surface area contributed by atoms with Gasteiger partial charge >= 0.3 is 0 Å².